The van der Waals surface area contributed by atoms with Crippen LogP contribution in [0.3, 0.4) is 0 Å². The van der Waals surface area contributed by atoms with E-state index in [0.29, 0.717) is 38.5 Å². The summed E-state index contributed by atoms with van der Waals surface area (Å²) in [5, 5.41) is 12.4. The van der Waals surface area contributed by atoms with E-state index in [2.05, 4.69) is 16.1 Å². The van der Waals surface area contributed by atoms with Crippen molar-refractivity contribution in [1.82, 2.24) is 14.9 Å². The molecule has 32 heavy (non-hydrogen) atoms. The van der Waals surface area contributed by atoms with Gasteiger partial charge in [-0.25, -0.2) is 9.78 Å². The van der Waals surface area contributed by atoms with Gasteiger partial charge in [0.1, 0.15) is 12.4 Å². The van der Waals surface area contributed by atoms with Gasteiger partial charge in [0.05, 0.1) is 37.1 Å². The van der Waals surface area contributed by atoms with E-state index < -0.39 is 5.97 Å². The summed E-state index contributed by atoms with van der Waals surface area (Å²) in [5.74, 6) is 1.54. The van der Waals surface area contributed by atoms with Crippen molar-refractivity contribution >= 4 is 5.97 Å². The molecule has 166 valence electrons. The Morgan fingerprint density at radius 3 is 2.75 bits per heavy atom. The molecule has 8 heteroatoms. The number of nitrogens with zero attached hydrogens (tertiary/aromatic N) is 2. The molecule has 2 aliphatic heterocycles. The maximum atomic E-state index is 11.0. The number of hydrogen-bond donors (Lipinski definition) is 2. The summed E-state index contributed by atoms with van der Waals surface area (Å²) in [6.07, 6.45) is 2.98. The standard InChI is InChI=1S/C24H25N3O5/c28-24(29)17-4-2-16(3-5-17)11-25-12-19-13-27-14-20(26-23(27)15-32-19)18-6-7-21-22(10-18)31-9-1-8-30-21/h2-7,10,14,19,25H,1,8-9,11-13,15H2,(H,28,29)/t19-/m0/s1. The lowest BCUT2D eigenvalue weighted by Crippen LogP contribution is -2.35. The Hall–Kier alpha value is -3.36. The molecular weight excluding hydrogens is 410 g/mol. The molecule has 0 aliphatic carbocycles. The van der Waals surface area contributed by atoms with Gasteiger partial charge in [-0.1, -0.05) is 12.1 Å². The fraction of sp³-hybridized carbons (Fsp3) is 0.333. The Morgan fingerprint density at radius 1 is 1.12 bits per heavy atom. The average molecular weight is 435 g/mol. The Morgan fingerprint density at radius 2 is 1.94 bits per heavy atom. The summed E-state index contributed by atoms with van der Waals surface area (Å²) < 4.78 is 19.7. The molecule has 2 aromatic carbocycles. The SMILES string of the molecule is O=C(O)c1ccc(CNC[C@H]2Cn3cc(-c4ccc5c(c4)OCCCO5)nc3CO2)cc1. The van der Waals surface area contributed by atoms with Crippen LogP contribution in [-0.4, -0.2) is 46.5 Å². The number of carboxylic acid groups (broad SMARTS) is 1. The Bertz CT molecular complexity index is 1110. The molecule has 0 bridgehead atoms. The summed E-state index contributed by atoms with van der Waals surface area (Å²) in [5.41, 5.74) is 3.22. The molecule has 0 spiro atoms. The minimum atomic E-state index is -0.914. The Kier molecular flexibility index (Phi) is 5.79. The maximum absolute atomic E-state index is 11.0. The first kappa shape index (κ1) is 20.5. The molecule has 0 saturated heterocycles. The molecule has 0 radical (unpaired) electrons. The van der Waals surface area contributed by atoms with Crippen LogP contribution in [0, 0.1) is 0 Å². The van der Waals surface area contributed by atoms with Crippen LogP contribution in [0.25, 0.3) is 11.3 Å². The summed E-state index contributed by atoms with van der Waals surface area (Å²) in [6, 6.07) is 12.8. The monoisotopic (exact) mass is 435 g/mol. The van der Waals surface area contributed by atoms with Gasteiger partial charge in [0.25, 0.3) is 0 Å². The van der Waals surface area contributed by atoms with Crippen molar-refractivity contribution in [2.75, 3.05) is 19.8 Å². The number of fused-ring (bicyclic) bond motifs is 2. The van der Waals surface area contributed by atoms with Crippen molar-refractivity contribution in [2.45, 2.75) is 32.2 Å². The highest BCUT2D eigenvalue weighted by molar-refractivity contribution is 5.87. The molecule has 1 atom stereocenters. The zero-order valence-electron chi connectivity index (χ0n) is 17.6. The number of benzene rings is 2. The van der Waals surface area contributed by atoms with Crippen LogP contribution >= 0.6 is 0 Å². The number of aromatic carboxylic acids is 1. The predicted octanol–water partition coefficient (Wildman–Crippen LogP) is 3.10. The van der Waals surface area contributed by atoms with Gasteiger partial charge in [0.2, 0.25) is 0 Å². The maximum Gasteiger partial charge on any atom is 0.335 e. The van der Waals surface area contributed by atoms with E-state index in [-0.39, 0.29) is 6.10 Å². The molecule has 0 amide bonds. The van der Waals surface area contributed by atoms with Crippen molar-refractivity contribution in [1.29, 1.82) is 0 Å². The van der Waals surface area contributed by atoms with Crippen LogP contribution in [0.1, 0.15) is 28.2 Å². The van der Waals surface area contributed by atoms with Crippen LogP contribution in [0.5, 0.6) is 11.5 Å². The number of nitrogens with one attached hydrogen (secondary N) is 1. The van der Waals surface area contributed by atoms with E-state index in [4.69, 9.17) is 24.3 Å². The topological polar surface area (TPSA) is 94.8 Å². The molecule has 0 saturated carbocycles. The number of hydrogen-bond acceptors (Lipinski definition) is 6. The number of aromatic nitrogens is 2. The van der Waals surface area contributed by atoms with E-state index in [0.717, 1.165) is 47.1 Å². The van der Waals surface area contributed by atoms with Crippen molar-refractivity contribution in [3.8, 4) is 22.8 Å². The second-order valence-corrected chi connectivity index (χ2v) is 7.97. The van der Waals surface area contributed by atoms with Crippen molar-refractivity contribution in [3.63, 3.8) is 0 Å². The highest BCUT2D eigenvalue weighted by atomic mass is 16.5. The number of carboxylic acids is 1. The average Bonchev–Trinajstić information content (AvgIpc) is 3.09. The number of rotatable bonds is 6. The first-order valence-corrected chi connectivity index (χ1v) is 10.8. The van der Waals surface area contributed by atoms with Gasteiger partial charge in [-0.3, -0.25) is 0 Å². The quantitative estimate of drug-likeness (QED) is 0.614. The van der Waals surface area contributed by atoms with Gasteiger partial charge in [0, 0.05) is 31.3 Å². The minimum Gasteiger partial charge on any atom is -0.490 e. The van der Waals surface area contributed by atoms with E-state index >= 15 is 0 Å². The lowest BCUT2D eigenvalue weighted by atomic mass is 10.1. The zero-order chi connectivity index (χ0) is 21.9. The lowest BCUT2D eigenvalue weighted by Gasteiger charge is -2.24. The number of ether oxygens (including phenoxy) is 3. The first-order chi connectivity index (χ1) is 15.7. The Balaban J connectivity index is 1.20. The van der Waals surface area contributed by atoms with Crippen LogP contribution < -0.4 is 14.8 Å². The molecule has 1 aromatic heterocycles. The Labute approximate surface area is 185 Å². The van der Waals surface area contributed by atoms with E-state index in [1.54, 1.807) is 12.1 Å². The van der Waals surface area contributed by atoms with Gasteiger partial charge in [-0.2, -0.15) is 0 Å². The predicted molar refractivity (Wildman–Crippen MR) is 117 cm³/mol. The summed E-state index contributed by atoms with van der Waals surface area (Å²) in [6.45, 7) is 3.85. The van der Waals surface area contributed by atoms with Gasteiger partial charge < -0.3 is 29.2 Å². The molecule has 0 unspecified atom stereocenters. The van der Waals surface area contributed by atoms with Crippen LogP contribution in [-0.2, 0) is 24.4 Å². The van der Waals surface area contributed by atoms with Gasteiger partial charge in [-0.05, 0) is 35.9 Å². The smallest absolute Gasteiger partial charge is 0.335 e. The normalized spacial score (nSPS) is 17.4. The highest BCUT2D eigenvalue weighted by Crippen LogP contribution is 2.34. The second-order valence-electron chi connectivity index (χ2n) is 7.97. The third-order valence-corrected chi connectivity index (χ3v) is 5.65. The van der Waals surface area contributed by atoms with Crippen molar-refractivity contribution in [3.05, 3.63) is 65.6 Å². The third kappa shape index (κ3) is 4.46. The molecule has 0 fully saturated rings. The van der Waals surface area contributed by atoms with Crippen molar-refractivity contribution < 1.29 is 24.1 Å². The van der Waals surface area contributed by atoms with E-state index in [9.17, 15) is 4.79 Å². The fourth-order valence-corrected chi connectivity index (χ4v) is 3.92. The van der Waals surface area contributed by atoms with Crippen LogP contribution in [0.15, 0.2) is 48.7 Å². The van der Waals surface area contributed by atoms with E-state index in [1.807, 2.05) is 30.3 Å². The first-order valence-electron chi connectivity index (χ1n) is 10.8. The van der Waals surface area contributed by atoms with Crippen molar-refractivity contribution in [2.24, 2.45) is 0 Å². The van der Waals surface area contributed by atoms with Gasteiger partial charge in [0.15, 0.2) is 11.5 Å². The second kappa shape index (κ2) is 9.02. The van der Waals surface area contributed by atoms with Gasteiger partial charge in [-0.15, -0.1) is 0 Å². The summed E-state index contributed by atoms with van der Waals surface area (Å²) in [4.78, 5) is 15.7. The molecule has 8 nitrogen and oxygen atoms in total. The zero-order valence-corrected chi connectivity index (χ0v) is 17.6. The molecule has 5 rings (SSSR count). The third-order valence-electron chi connectivity index (χ3n) is 5.65. The van der Waals surface area contributed by atoms with E-state index in [1.165, 1.54) is 0 Å². The highest BCUT2D eigenvalue weighted by Gasteiger charge is 2.22. The largest absolute Gasteiger partial charge is 0.490 e. The minimum absolute atomic E-state index is 0.0339. The lowest BCUT2D eigenvalue weighted by molar-refractivity contribution is 0.00278. The molecular formula is C24H25N3O5. The molecule has 2 aliphatic rings. The molecule has 2 N–H and O–H groups in total. The van der Waals surface area contributed by atoms with Crippen LogP contribution in [0.2, 0.25) is 0 Å². The molecule has 3 heterocycles. The van der Waals surface area contributed by atoms with Crippen LogP contribution in [0.4, 0.5) is 0 Å². The molecule has 3 aromatic rings. The number of imidazole rings is 1. The van der Waals surface area contributed by atoms with Gasteiger partial charge >= 0.3 is 5.97 Å². The number of carbonyl (C=O) groups is 1. The summed E-state index contributed by atoms with van der Waals surface area (Å²) in [7, 11) is 0. The fourth-order valence-electron chi connectivity index (χ4n) is 3.92. The summed E-state index contributed by atoms with van der Waals surface area (Å²) >= 11 is 0.